The van der Waals surface area contributed by atoms with Crippen molar-refractivity contribution in [3.05, 3.63) is 36.7 Å². The molecule has 1 aromatic heterocycles. The number of anilines is 1. The molecular formula is C16H19N3O4. The molecule has 1 saturated heterocycles. The zero-order chi connectivity index (χ0) is 16.2. The first-order valence-electron chi connectivity index (χ1n) is 7.48. The first-order chi connectivity index (χ1) is 11.2. The van der Waals surface area contributed by atoms with Crippen LogP contribution in [0, 0.1) is 0 Å². The number of morpholine rings is 1. The molecule has 2 heterocycles. The highest BCUT2D eigenvalue weighted by atomic mass is 16.5. The van der Waals surface area contributed by atoms with Gasteiger partial charge in [-0.2, -0.15) is 0 Å². The van der Waals surface area contributed by atoms with Crippen LogP contribution in [0.1, 0.15) is 6.92 Å². The highest BCUT2D eigenvalue weighted by Crippen LogP contribution is 2.20. The number of oxazole rings is 1. The van der Waals surface area contributed by atoms with E-state index in [2.05, 4.69) is 10.3 Å². The standard InChI is InChI=1S/C16H19N3O4/c1-11-8-19(9-14(10-20)23-11)16(21)18-13-4-2-12(3-5-13)15-17-6-7-22-15/h2-7,11,14,20H,8-10H2,1H3,(H,18,21)/t11-,14+/m0/s1. The summed E-state index contributed by atoms with van der Waals surface area (Å²) in [6.07, 6.45) is 2.67. The number of aromatic nitrogens is 1. The van der Waals surface area contributed by atoms with Crippen LogP contribution in [-0.2, 0) is 4.74 Å². The third kappa shape index (κ3) is 3.69. The van der Waals surface area contributed by atoms with Crippen molar-refractivity contribution in [2.75, 3.05) is 25.0 Å². The number of nitrogens with zero attached hydrogens (tertiary/aromatic N) is 2. The van der Waals surface area contributed by atoms with Crippen molar-refractivity contribution in [2.24, 2.45) is 0 Å². The van der Waals surface area contributed by atoms with E-state index in [0.29, 0.717) is 24.7 Å². The normalized spacial score (nSPS) is 21.2. The summed E-state index contributed by atoms with van der Waals surface area (Å²) in [7, 11) is 0. The highest BCUT2D eigenvalue weighted by Gasteiger charge is 2.27. The molecular weight excluding hydrogens is 298 g/mol. The third-order valence-electron chi connectivity index (χ3n) is 3.63. The lowest BCUT2D eigenvalue weighted by molar-refractivity contribution is -0.0822. The van der Waals surface area contributed by atoms with Crippen molar-refractivity contribution < 1.29 is 19.1 Å². The second-order valence-corrected chi connectivity index (χ2v) is 5.50. The van der Waals surface area contributed by atoms with E-state index < -0.39 is 0 Å². The number of carbonyl (C=O) groups excluding carboxylic acids is 1. The highest BCUT2D eigenvalue weighted by molar-refractivity contribution is 5.89. The Morgan fingerprint density at radius 1 is 1.39 bits per heavy atom. The molecule has 7 heteroatoms. The summed E-state index contributed by atoms with van der Waals surface area (Å²) in [5.74, 6) is 0.538. The molecule has 0 spiro atoms. The fraction of sp³-hybridized carbons (Fsp3) is 0.375. The van der Waals surface area contributed by atoms with Crippen molar-refractivity contribution in [2.45, 2.75) is 19.1 Å². The Hall–Kier alpha value is -2.38. The maximum Gasteiger partial charge on any atom is 0.322 e. The van der Waals surface area contributed by atoms with E-state index in [9.17, 15) is 9.90 Å². The first-order valence-corrected chi connectivity index (χ1v) is 7.48. The average molecular weight is 317 g/mol. The summed E-state index contributed by atoms with van der Waals surface area (Å²) in [4.78, 5) is 18.1. The van der Waals surface area contributed by atoms with Gasteiger partial charge in [0.25, 0.3) is 0 Å². The minimum Gasteiger partial charge on any atom is -0.445 e. The molecule has 0 aliphatic carbocycles. The van der Waals surface area contributed by atoms with Crippen molar-refractivity contribution in [1.82, 2.24) is 9.88 Å². The smallest absolute Gasteiger partial charge is 0.322 e. The molecule has 1 aromatic carbocycles. The molecule has 3 rings (SSSR count). The number of nitrogens with one attached hydrogen (secondary N) is 1. The molecule has 7 nitrogen and oxygen atoms in total. The van der Waals surface area contributed by atoms with Gasteiger partial charge in [-0.3, -0.25) is 0 Å². The van der Waals surface area contributed by atoms with E-state index in [1.165, 1.54) is 6.26 Å². The largest absolute Gasteiger partial charge is 0.445 e. The van der Waals surface area contributed by atoms with Crippen LogP contribution in [0.4, 0.5) is 10.5 Å². The maximum atomic E-state index is 12.3. The van der Waals surface area contributed by atoms with Gasteiger partial charge in [-0.15, -0.1) is 0 Å². The van der Waals surface area contributed by atoms with Gasteiger partial charge >= 0.3 is 6.03 Å². The molecule has 2 aromatic rings. The van der Waals surface area contributed by atoms with E-state index in [1.54, 1.807) is 23.2 Å². The van der Waals surface area contributed by atoms with Crippen LogP contribution in [0.15, 0.2) is 41.1 Å². The van der Waals surface area contributed by atoms with Crippen molar-refractivity contribution in [3.63, 3.8) is 0 Å². The number of aliphatic hydroxyl groups excluding tert-OH is 1. The minimum atomic E-state index is -0.336. The number of hydrogen-bond acceptors (Lipinski definition) is 5. The van der Waals surface area contributed by atoms with E-state index in [-0.39, 0.29) is 24.8 Å². The molecule has 2 N–H and O–H groups in total. The molecule has 0 radical (unpaired) electrons. The average Bonchev–Trinajstić information content (AvgIpc) is 3.09. The molecule has 0 unspecified atom stereocenters. The molecule has 1 aliphatic heterocycles. The predicted molar refractivity (Wildman–Crippen MR) is 84.0 cm³/mol. The Morgan fingerprint density at radius 2 is 2.17 bits per heavy atom. The summed E-state index contributed by atoms with van der Waals surface area (Å²) >= 11 is 0. The summed E-state index contributed by atoms with van der Waals surface area (Å²) in [6.45, 7) is 2.66. The van der Waals surface area contributed by atoms with Gasteiger partial charge in [-0.25, -0.2) is 9.78 Å². The lowest BCUT2D eigenvalue weighted by atomic mass is 10.2. The van der Waals surface area contributed by atoms with Crippen molar-refractivity contribution >= 4 is 11.7 Å². The van der Waals surface area contributed by atoms with Crippen LogP contribution in [0.2, 0.25) is 0 Å². The fourth-order valence-electron chi connectivity index (χ4n) is 2.58. The van der Waals surface area contributed by atoms with Gasteiger partial charge in [-0.1, -0.05) is 0 Å². The lowest BCUT2D eigenvalue weighted by Crippen LogP contribution is -2.51. The second-order valence-electron chi connectivity index (χ2n) is 5.50. The predicted octanol–water partition coefficient (Wildman–Crippen LogP) is 1.96. The molecule has 1 fully saturated rings. The first kappa shape index (κ1) is 15.5. The number of hydrogen-bond donors (Lipinski definition) is 2. The minimum absolute atomic E-state index is 0.0981. The third-order valence-corrected chi connectivity index (χ3v) is 3.63. The van der Waals surface area contributed by atoms with Gasteiger partial charge in [-0.05, 0) is 31.2 Å². The Labute approximate surface area is 133 Å². The molecule has 2 atom stereocenters. The lowest BCUT2D eigenvalue weighted by Gasteiger charge is -2.36. The van der Waals surface area contributed by atoms with E-state index in [1.807, 2.05) is 19.1 Å². The molecule has 0 saturated carbocycles. The molecule has 23 heavy (non-hydrogen) atoms. The number of rotatable bonds is 3. The fourth-order valence-corrected chi connectivity index (χ4v) is 2.58. The summed E-state index contributed by atoms with van der Waals surface area (Å²) in [5.41, 5.74) is 1.53. The van der Waals surface area contributed by atoms with E-state index >= 15 is 0 Å². The van der Waals surface area contributed by atoms with Crippen molar-refractivity contribution in [1.29, 1.82) is 0 Å². The van der Waals surface area contributed by atoms with Gasteiger partial charge in [0.1, 0.15) is 6.26 Å². The molecule has 122 valence electrons. The SMILES string of the molecule is C[C@H]1CN(C(=O)Nc2ccc(-c3ncco3)cc2)C[C@H](CO)O1. The maximum absolute atomic E-state index is 12.3. The van der Waals surface area contributed by atoms with Gasteiger partial charge in [0.05, 0.1) is 31.6 Å². The molecule has 0 bridgehead atoms. The Balaban J connectivity index is 1.63. The van der Waals surface area contributed by atoms with Crippen LogP contribution in [-0.4, -0.2) is 52.9 Å². The quantitative estimate of drug-likeness (QED) is 0.903. The number of carbonyl (C=O) groups is 1. The Kier molecular flexibility index (Phi) is 4.59. The van der Waals surface area contributed by atoms with Crippen LogP contribution in [0.5, 0.6) is 0 Å². The van der Waals surface area contributed by atoms with Crippen LogP contribution in [0.25, 0.3) is 11.5 Å². The summed E-state index contributed by atoms with van der Waals surface area (Å²) < 4.78 is 10.8. The van der Waals surface area contributed by atoms with Crippen LogP contribution < -0.4 is 5.32 Å². The van der Waals surface area contributed by atoms with Gasteiger partial charge < -0.3 is 24.5 Å². The van der Waals surface area contributed by atoms with E-state index in [4.69, 9.17) is 9.15 Å². The number of aliphatic hydroxyl groups is 1. The van der Waals surface area contributed by atoms with Crippen molar-refractivity contribution in [3.8, 4) is 11.5 Å². The monoisotopic (exact) mass is 317 g/mol. The number of urea groups is 1. The summed E-state index contributed by atoms with van der Waals surface area (Å²) in [5, 5.41) is 12.1. The molecule has 2 amide bonds. The Bertz CT molecular complexity index is 642. The van der Waals surface area contributed by atoms with Gasteiger partial charge in [0.2, 0.25) is 5.89 Å². The summed E-state index contributed by atoms with van der Waals surface area (Å²) in [6, 6.07) is 7.05. The van der Waals surface area contributed by atoms with Gasteiger partial charge in [0.15, 0.2) is 0 Å². The van der Waals surface area contributed by atoms with Crippen LogP contribution in [0.3, 0.4) is 0 Å². The number of amides is 2. The zero-order valence-electron chi connectivity index (χ0n) is 12.8. The van der Waals surface area contributed by atoms with Crippen LogP contribution >= 0.6 is 0 Å². The van der Waals surface area contributed by atoms with Gasteiger partial charge in [0, 0.05) is 17.8 Å². The van der Waals surface area contributed by atoms with E-state index in [0.717, 1.165) is 5.56 Å². The zero-order valence-corrected chi connectivity index (χ0v) is 12.8. The topological polar surface area (TPSA) is 87.8 Å². The molecule has 1 aliphatic rings. The number of benzene rings is 1. The Morgan fingerprint density at radius 3 is 2.83 bits per heavy atom. The second kappa shape index (κ2) is 6.80. The number of ether oxygens (including phenoxy) is 1.